The van der Waals surface area contributed by atoms with E-state index in [2.05, 4.69) is 31.2 Å². The van der Waals surface area contributed by atoms with E-state index in [1.807, 2.05) is 66.7 Å². The number of H-pyrrole nitrogens is 1. The van der Waals surface area contributed by atoms with Crippen molar-refractivity contribution in [2.75, 3.05) is 24.5 Å². The summed E-state index contributed by atoms with van der Waals surface area (Å²) in [5.41, 5.74) is 3.64. The van der Waals surface area contributed by atoms with Crippen LogP contribution in [0.2, 0.25) is 5.28 Å². The van der Waals surface area contributed by atoms with Crippen molar-refractivity contribution in [1.29, 1.82) is 5.26 Å². The Balaban J connectivity index is 1.38. The second-order valence-corrected chi connectivity index (χ2v) is 9.99. The number of piperazine rings is 1. The number of hydrogen-bond donors (Lipinski definition) is 3. The van der Waals surface area contributed by atoms with Crippen LogP contribution in [-0.2, 0) is 6.61 Å². The molecule has 1 aliphatic heterocycles. The Labute approximate surface area is 230 Å². The van der Waals surface area contributed by atoms with Crippen LogP contribution >= 0.6 is 11.6 Å². The van der Waals surface area contributed by atoms with Crippen molar-refractivity contribution in [2.45, 2.75) is 25.2 Å². The standard InChI is InChI=1S/C30H27ClN6O2/c31-30-35-26-25(16-34-27(26)29(36-30)37-13-12-33-21(17-37)10-11-32)28(38)24-15-22(14-20-8-4-5-9-23(20)24)39-18-19-6-2-1-3-7-19/h1-9,14-16,21,28,33-34,38H,10,12-13,17-18H2/t21-,28?/m0/s1. The van der Waals surface area contributed by atoms with Crippen molar-refractivity contribution < 1.29 is 9.84 Å². The first-order valence-electron chi connectivity index (χ1n) is 12.9. The monoisotopic (exact) mass is 538 g/mol. The quantitative estimate of drug-likeness (QED) is 0.247. The largest absolute Gasteiger partial charge is 0.489 e. The van der Waals surface area contributed by atoms with E-state index >= 15 is 0 Å². The second kappa shape index (κ2) is 10.9. The zero-order chi connectivity index (χ0) is 26.8. The summed E-state index contributed by atoms with van der Waals surface area (Å²) in [6, 6.07) is 24.1. The highest BCUT2D eigenvalue weighted by Crippen LogP contribution is 2.37. The van der Waals surface area contributed by atoms with Gasteiger partial charge in [0.2, 0.25) is 5.28 Å². The van der Waals surface area contributed by atoms with Gasteiger partial charge in [-0.2, -0.15) is 10.2 Å². The number of hydrogen-bond acceptors (Lipinski definition) is 7. The van der Waals surface area contributed by atoms with Crippen LogP contribution in [0.4, 0.5) is 5.82 Å². The van der Waals surface area contributed by atoms with E-state index in [1.54, 1.807) is 6.20 Å². The molecule has 3 N–H and O–H groups in total. The molecule has 3 heterocycles. The average Bonchev–Trinajstić information content (AvgIpc) is 3.39. The van der Waals surface area contributed by atoms with Gasteiger partial charge in [0.25, 0.3) is 0 Å². The molecule has 0 aliphatic carbocycles. The summed E-state index contributed by atoms with van der Waals surface area (Å²) in [6.07, 6.45) is 1.19. The Morgan fingerprint density at radius 2 is 1.92 bits per heavy atom. The van der Waals surface area contributed by atoms with Crippen LogP contribution in [0.25, 0.3) is 21.8 Å². The zero-order valence-electron chi connectivity index (χ0n) is 21.1. The first-order chi connectivity index (χ1) is 19.1. The van der Waals surface area contributed by atoms with Crippen LogP contribution in [0.1, 0.15) is 29.2 Å². The van der Waals surface area contributed by atoms with Crippen LogP contribution in [0, 0.1) is 11.3 Å². The van der Waals surface area contributed by atoms with E-state index in [1.165, 1.54) is 0 Å². The lowest BCUT2D eigenvalue weighted by molar-refractivity contribution is 0.222. The summed E-state index contributed by atoms with van der Waals surface area (Å²) in [4.78, 5) is 14.4. The molecule has 0 radical (unpaired) electrons. The van der Waals surface area contributed by atoms with Crippen molar-refractivity contribution in [3.05, 3.63) is 94.9 Å². The number of rotatable bonds is 7. The van der Waals surface area contributed by atoms with Gasteiger partial charge in [-0.3, -0.25) is 0 Å². The predicted molar refractivity (Wildman–Crippen MR) is 152 cm³/mol. The summed E-state index contributed by atoms with van der Waals surface area (Å²) < 4.78 is 6.14. The van der Waals surface area contributed by atoms with Gasteiger partial charge in [0.05, 0.1) is 12.5 Å². The summed E-state index contributed by atoms with van der Waals surface area (Å²) in [7, 11) is 0. The molecule has 9 heteroatoms. The Kier molecular flexibility index (Phi) is 7.03. The maximum Gasteiger partial charge on any atom is 0.225 e. The van der Waals surface area contributed by atoms with Gasteiger partial charge >= 0.3 is 0 Å². The summed E-state index contributed by atoms with van der Waals surface area (Å²) in [6.45, 7) is 2.49. The highest BCUT2D eigenvalue weighted by molar-refractivity contribution is 6.28. The van der Waals surface area contributed by atoms with Crippen LogP contribution in [-0.4, -0.2) is 45.7 Å². The van der Waals surface area contributed by atoms with Crippen molar-refractivity contribution in [1.82, 2.24) is 20.3 Å². The number of aromatic nitrogens is 3. The molecule has 0 spiro atoms. The third kappa shape index (κ3) is 5.12. The molecule has 6 rings (SSSR count). The third-order valence-corrected chi connectivity index (χ3v) is 7.27. The Morgan fingerprint density at radius 1 is 1.10 bits per heavy atom. The van der Waals surface area contributed by atoms with E-state index in [0.717, 1.165) is 22.9 Å². The topological polar surface area (TPSA) is 110 Å². The minimum absolute atomic E-state index is 0.0394. The maximum atomic E-state index is 11.8. The number of aliphatic hydroxyl groups is 1. The van der Waals surface area contributed by atoms with Crippen LogP contribution in [0.3, 0.4) is 0 Å². The second-order valence-electron chi connectivity index (χ2n) is 9.65. The van der Waals surface area contributed by atoms with Crippen LogP contribution in [0.15, 0.2) is 72.9 Å². The Bertz CT molecular complexity index is 1670. The fraction of sp³-hybridized carbons (Fsp3) is 0.233. The molecular weight excluding hydrogens is 512 g/mol. The molecule has 0 bridgehead atoms. The van der Waals surface area contributed by atoms with Crippen LogP contribution in [0.5, 0.6) is 5.75 Å². The summed E-state index contributed by atoms with van der Waals surface area (Å²) in [5, 5.41) is 26.3. The third-order valence-electron chi connectivity index (χ3n) is 7.11. The first kappa shape index (κ1) is 25.1. The molecule has 2 atom stereocenters. The van der Waals surface area contributed by atoms with E-state index in [9.17, 15) is 5.11 Å². The van der Waals surface area contributed by atoms with Crippen molar-refractivity contribution in [3.63, 3.8) is 0 Å². The number of nitriles is 1. The molecule has 196 valence electrons. The van der Waals surface area contributed by atoms with E-state index in [4.69, 9.17) is 21.6 Å². The lowest BCUT2D eigenvalue weighted by atomic mass is 9.96. The van der Waals surface area contributed by atoms with Gasteiger partial charge < -0.3 is 25.0 Å². The van der Waals surface area contributed by atoms with Crippen molar-refractivity contribution >= 4 is 39.2 Å². The van der Waals surface area contributed by atoms with E-state index < -0.39 is 6.10 Å². The number of aromatic amines is 1. The van der Waals surface area contributed by atoms with Gasteiger partial charge in [-0.15, -0.1) is 0 Å². The molecule has 0 saturated carbocycles. The summed E-state index contributed by atoms with van der Waals surface area (Å²) >= 11 is 6.41. The van der Waals surface area contributed by atoms with Gasteiger partial charge in [0.1, 0.15) is 29.5 Å². The average molecular weight is 539 g/mol. The molecular formula is C30H27ClN6O2. The SMILES string of the molecule is N#CC[C@H]1CN(c2nc(Cl)nc3c(C(O)c4cc(OCc5ccccc5)cc5ccccc45)c[nH]c23)CCN1. The zero-order valence-corrected chi connectivity index (χ0v) is 21.9. The number of fused-ring (bicyclic) bond motifs is 2. The molecule has 1 fully saturated rings. The minimum atomic E-state index is -0.989. The predicted octanol–water partition coefficient (Wildman–Crippen LogP) is 5.12. The first-order valence-corrected chi connectivity index (χ1v) is 13.3. The molecule has 1 aliphatic rings. The molecule has 39 heavy (non-hydrogen) atoms. The van der Waals surface area contributed by atoms with Gasteiger partial charge in [-0.05, 0) is 45.6 Å². The van der Waals surface area contributed by atoms with Gasteiger partial charge in [0.15, 0.2) is 5.82 Å². The van der Waals surface area contributed by atoms with Gasteiger partial charge in [-0.25, -0.2) is 4.98 Å². The number of benzene rings is 3. The number of nitrogens with zero attached hydrogens (tertiary/aromatic N) is 4. The van der Waals surface area contributed by atoms with Gasteiger partial charge in [-0.1, -0.05) is 54.6 Å². The molecule has 1 saturated heterocycles. The molecule has 1 unspecified atom stereocenters. The summed E-state index contributed by atoms with van der Waals surface area (Å²) in [5.74, 6) is 1.34. The lowest BCUT2D eigenvalue weighted by Crippen LogP contribution is -2.51. The minimum Gasteiger partial charge on any atom is -0.489 e. The number of halogens is 1. The number of nitrogens with one attached hydrogen (secondary N) is 2. The van der Waals surface area contributed by atoms with Crippen LogP contribution < -0.4 is 15.0 Å². The molecule has 2 aromatic heterocycles. The van der Waals surface area contributed by atoms with E-state index in [-0.39, 0.29) is 11.3 Å². The lowest BCUT2D eigenvalue weighted by Gasteiger charge is -2.33. The van der Waals surface area contributed by atoms with Crippen molar-refractivity contribution in [2.24, 2.45) is 0 Å². The Hall–Kier alpha value is -4.16. The fourth-order valence-corrected chi connectivity index (χ4v) is 5.38. The Morgan fingerprint density at radius 3 is 2.77 bits per heavy atom. The highest BCUT2D eigenvalue weighted by Gasteiger charge is 2.26. The highest BCUT2D eigenvalue weighted by atomic mass is 35.5. The fourth-order valence-electron chi connectivity index (χ4n) is 5.21. The molecule has 3 aromatic carbocycles. The number of aliphatic hydroxyl groups excluding tert-OH is 1. The number of ether oxygens (including phenoxy) is 1. The normalized spacial score (nSPS) is 16.3. The molecule has 0 amide bonds. The van der Waals surface area contributed by atoms with E-state index in [0.29, 0.717) is 59.8 Å². The molecule has 8 nitrogen and oxygen atoms in total. The smallest absolute Gasteiger partial charge is 0.225 e. The van der Waals surface area contributed by atoms with Gasteiger partial charge in [0, 0.05) is 37.4 Å². The number of anilines is 1. The van der Waals surface area contributed by atoms with Crippen molar-refractivity contribution in [3.8, 4) is 11.8 Å². The maximum absolute atomic E-state index is 11.8. The molecule has 5 aromatic rings.